The summed E-state index contributed by atoms with van der Waals surface area (Å²) in [5.74, 6) is 0.999. The van der Waals surface area contributed by atoms with Gasteiger partial charge in [-0.25, -0.2) is 4.98 Å². The molecule has 0 spiro atoms. The van der Waals surface area contributed by atoms with Crippen LogP contribution < -0.4 is 4.90 Å². The van der Waals surface area contributed by atoms with Gasteiger partial charge in [0.05, 0.1) is 18.8 Å². The minimum absolute atomic E-state index is 0.0644. The Kier molecular flexibility index (Phi) is 10.7. The van der Waals surface area contributed by atoms with E-state index in [1.165, 1.54) is 11.1 Å². The molecule has 6 nitrogen and oxygen atoms in total. The Morgan fingerprint density at radius 1 is 0.756 bits per heavy atom. The average molecular weight is 647 g/mol. The largest absolute Gasteiger partial charge is 0.414 e. The number of nitrogens with zero attached hydrogens (tertiary/aromatic N) is 2. The predicted octanol–water partition coefficient (Wildman–Crippen LogP) is 9.38. The molecule has 244 valence electrons. The molecule has 0 radical (unpaired) electrons. The maximum absolute atomic E-state index is 7.38. The van der Waals surface area contributed by atoms with Gasteiger partial charge < -0.3 is 22.6 Å². The van der Waals surface area contributed by atoms with Crippen molar-refractivity contribution in [2.24, 2.45) is 0 Å². The van der Waals surface area contributed by atoms with Crippen molar-refractivity contribution in [1.29, 1.82) is 0 Å². The fraction of sp³-hybridized carbons (Fsp3) is 0.541. The molecule has 3 heterocycles. The third-order valence-electron chi connectivity index (χ3n) is 9.72. The minimum atomic E-state index is -2.67. The average Bonchev–Trinajstić information content (AvgIpc) is 3.39. The summed E-state index contributed by atoms with van der Waals surface area (Å²) >= 11 is 0. The van der Waals surface area contributed by atoms with Gasteiger partial charge in [-0.05, 0) is 57.4 Å². The summed E-state index contributed by atoms with van der Waals surface area (Å²) in [4.78, 5) is 7.46. The second-order valence-corrected chi connectivity index (χ2v) is 23.1. The molecular formula is C37H54N2O4Si2. The van der Waals surface area contributed by atoms with Crippen molar-refractivity contribution in [3.8, 4) is 0 Å². The Bertz CT molecular complexity index is 1330. The van der Waals surface area contributed by atoms with E-state index in [1.807, 2.05) is 6.20 Å². The van der Waals surface area contributed by atoms with Gasteiger partial charge in [0.15, 0.2) is 0 Å². The number of hydrogen-bond donors (Lipinski definition) is 0. The molecule has 0 aliphatic carbocycles. The van der Waals surface area contributed by atoms with Crippen molar-refractivity contribution < 1.29 is 17.7 Å². The lowest BCUT2D eigenvalue weighted by Crippen LogP contribution is -2.65. The quantitative estimate of drug-likeness (QED) is 0.205. The third-order valence-corrected chi connectivity index (χ3v) is 20.0. The molecule has 2 aliphatic rings. The maximum atomic E-state index is 7.38. The van der Waals surface area contributed by atoms with Crippen molar-refractivity contribution in [2.45, 2.75) is 122 Å². The van der Waals surface area contributed by atoms with Gasteiger partial charge in [-0.3, -0.25) is 0 Å². The molecule has 0 bridgehead atoms. The molecule has 3 aromatic rings. The SMILES string of the molecule is Cc1cc([C@H]2C[C@@H]3O[Si](C(C)C)(C(C)C)O[Si](C(C)C)(C(C)C)OC[C@H]3O2)cnc1N(Cc1ccccc1)Cc1ccccc1. The van der Waals surface area contributed by atoms with Gasteiger partial charge in [0, 0.05) is 25.7 Å². The second-order valence-electron chi connectivity index (χ2n) is 14.3. The van der Waals surface area contributed by atoms with E-state index >= 15 is 0 Å². The Labute approximate surface area is 274 Å². The highest BCUT2D eigenvalue weighted by atomic mass is 28.5. The highest BCUT2D eigenvalue weighted by Gasteiger charge is 2.60. The highest BCUT2D eigenvalue weighted by molar-refractivity contribution is 6.83. The lowest BCUT2D eigenvalue weighted by molar-refractivity contribution is -0.0386. The molecule has 8 heteroatoms. The van der Waals surface area contributed by atoms with Crippen LogP contribution in [0.4, 0.5) is 5.82 Å². The van der Waals surface area contributed by atoms with Crippen LogP contribution in [0.5, 0.6) is 0 Å². The van der Waals surface area contributed by atoms with Gasteiger partial charge in [0.1, 0.15) is 11.9 Å². The summed E-state index contributed by atoms with van der Waals surface area (Å²) in [6.07, 6.45) is 2.51. The summed E-state index contributed by atoms with van der Waals surface area (Å²) < 4.78 is 28.4. The van der Waals surface area contributed by atoms with Crippen molar-refractivity contribution in [3.63, 3.8) is 0 Å². The van der Waals surface area contributed by atoms with E-state index in [1.54, 1.807) is 0 Å². The smallest absolute Gasteiger partial charge is 0.335 e. The summed E-state index contributed by atoms with van der Waals surface area (Å²) in [6, 6.07) is 23.5. The number of aromatic nitrogens is 1. The normalized spacial score (nSPS) is 22.9. The molecular weight excluding hydrogens is 593 g/mol. The fourth-order valence-corrected chi connectivity index (χ4v) is 18.5. The topological polar surface area (TPSA) is 53.1 Å². The number of anilines is 1. The molecule has 2 aliphatic heterocycles. The molecule has 2 aromatic carbocycles. The Hall–Kier alpha value is -2.34. The van der Waals surface area contributed by atoms with Gasteiger partial charge >= 0.3 is 17.1 Å². The first kappa shape index (κ1) is 34.0. The van der Waals surface area contributed by atoms with Crippen LogP contribution >= 0.6 is 0 Å². The number of rotatable bonds is 10. The first-order valence-electron chi connectivity index (χ1n) is 16.9. The van der Waals surface area contributed by atoms with Crippen LogP contribution in [0.25, 0.3) is 0 Å². The molecule has 0 amide bonds. The Morgan fingerprint density at radius 3 is 1.78 bits per heavy atom. The summed E-state index contributed by atoms with van der Waals surface area (Å²) in [5.41, 5.74) is 5.99. The lowest BCUT2D eigenvalue weighted by atomic mass is 10.0. The van der Waals surface area contributed by atoms with E-state index in [0.717, 1.165) is 36.5 Å². The van der Waals surface area contributed by atoms with Gasteiger partial charge in [0.25, 0.3) is 0 Å². The van der Waals surface area contributed by atoms with Gasteiger partial charge in [-0.1, -0.05) is 116 Å². The van der Waals surface area contributed by atoms with E-state index in [0.29, 0.717) is 28.8 Å². The van der Waals surface area contributed by atoms with Crippen molar-refractivity contribution in [1.82, 2.24) is 4.98 Å². The number of hydrogen-bond acceptors (Lipinski definition) is 6. The monoisotopic (exact) mass is 646 g/mol. The van der Waals surface area contributed by atoms with Crippen LogP contribution in [0.1, 0.15) is 90.2 Å². The molecule has 2 saturated heterocycles. The second kappa shape index (κ2) is 14.2. The molecule has 2 fully saturated rings. The van der Waals surface area contributed by atoms with Crippen LogP contribution in [0.2, 0.25) is 22.2 Å². The van der Waals surface area contributed by atoms with Crippen molar-refractivity contribution in [3.05, 3.63) is 95.2 Å². The zero-order chi connectivity index (χ0) is 32.4. The molecule has 0 unspecified atom stereocenters. The van der Waals surface area contributed by atoms with Gasteiger partial charge in [-0.2, -0.15) is 0 Å². The summed E-state index contributed by atoms with van der Waals surface area (Å²) in [7, 11) is -5.27. The van der Waals surface area contributed by atoms with E-state index in [9.17, 15) is 0 Å². The Morgan fingerprint density at radius 2 is 1.29 bits per heavy atom. The number of ether oxygens (including phenoxy) is 1. The molecule has 1 aromatic heterocycles. The third kappa shape index (κ3) is 7.16. The fourth-order valence-electron chi connectivity index (χ4n) is 7.27. The van der Waals surface area contributed by atoms with Crippen LogP contribution in [0, 0.1) is 6.92 Å². The molecule has 5 rings (SSSR count). The lowest BCUT2D eigenvalue weighted by Gasteiger charge is -2.51. The molecule has 0 N–H and O–H groups in total. The standard InChI is InChI=1S/C37H54N2O4Si2/c1-26(2)44(27(3)4)40-25-36-35(42-45(43-44,28(5)6)29(7)8)21-34(41-36)33-20-30(9)37(38-22-33)39(23-31-16-12-10-13-17-31)24-32-18-14-11-15-19-32/h10-20,22,26-29,34-36H,21,23-25H2,1-9H3/t34-,35+,36-/m1/s1. The van der Waals surface area contributed by atoms with E-state index < -0.39 is 17.1 Å². The molecule has 0 saturated carbocycles. The van der Waals surface area contributed by atoms with E-state index in [-0.39, 0.29) is 18.3 Å². The highest BCUT2D eigenvalue weighted by Crippen LogP contribution is 2.49. The number of pyridine rings is 1. The first-order chi connectivity index (χ1) is 21.4. The zero-order valence-corrected chi connectivity index (χ0v) is 30.8. The van der Waals surface area contributed by atoms with Gasteiger partial charge in [-0.15, -0.1) is 0 Å². The zero-order valence-electron chi connectivity index (χ0n) is 28.8. The summed E-state index contributed by atoms with van der Waals surface area (Å²) in [5, 5.41) is 0. The number of aryl methyl sites for hydroxylation is 1. The first-order valence-corrected chi connectivity index (χ1v) is 20.9. The number of fused-ring (bicyclic) bond motifs is 1. The van der Waals surface area contributed by atoms with Crippen molar-refractivity contribution in [2.75, 3.05) is 11.5 Å². The van der Waals surface area contributed by atoms with E-state index in [2.05, 4.69) is 134 Å². The van der Waals surface area contributed by atoms with Gasteiger partial charge in [0.2, 0.25) is 0 Å². The Balaban J connectivity index is 1.42. The molecule has 3 atom stereocenters. The van der Waals surface area contributed by atoms with Crippen molar-refractivity contribution >= 4 is 22.9 Å². The van der Waals surface area contributed by atoms with Crippen LogP contribution in [0.15, 0.2) is 72.9 Å². The minimum Gasteiger partial charge on any atom is -0.414 e. The predicted molar refractivity (Wildman–Crippen MR) is 188 cm³/mol. The maximum Gasteiger partial charge on any atom is 0.335 e. The number of benzene rings is 2. The summed E-state index contributed by atoms with van der Waals surface area (Å²) in [6.45, 7) is 22.4. The van der Waals surface area contributed by atoms with Crippen LogP contribution in [-0.2, 0) is 30.8 Å². The van der Waals surface area contributed by atoms with Crippen LogP contribution in [-0.4, -0.2) is 40.9 Å². The molecule has 45 heavy (non-hydrogen) atoms. The van der Waals surface area contributed by atoms with E-state index in [4.69, 9.17) is 22.7 Å². The van der Waals surface area contributed by atoms with Crippen LogP contribution in [0.3, 0.4) is 0 Å².